The van der Waals surface area contributed by atoms with Crippen molar-refractivity contribution in [3.8, 4) is 17.1 Å². The van der Waals surface area contributed by atoms with E-state index in [-0.39, 0.29) is 24.1 Å². The molecule has 0 aliphatic carbocycles. The van der Waals surface area contributed by atoms with E-state index in [4.69, 9.17) is 20.9 Å². The summed E-state index contributed by atoms with van der Waals surface area (Å²) in [5.41, 5.74) is 1.20. The summed E-state index contributed by atoms with van der Waals surface area (Å²) in [6, 6.07) is 11.1. The first-order valence-electron chi connectivity index (χ1n) is 8.28. The highest BCUT2D eigenvalue weighted by Crippen LogP contribution is 2.35. The van der Waals surface area contributed by atoms with Gasteiger partial charge in [-0.25, -0.2) is 4.39 Å². The zero-order valence-electron chi connectivity index (χ0n) is 14.4. The molecule has 0 bridgehead atoms. The van der Waals surface area contributed by atoms with E-state index in [9.17, 15) is 9.18 Å². The first kappa shape index (κ1) is 17.5. The SMILES string of the molecule is COc1ccc(N2CC(c3nc(-c4cccc(F)c4)no3)CC2=O)cc1Cl. The average Bonchev–Trinajstić information content (AvgIpc) is 3.28. The maximum atomic E-state index is 13.4. The molecule has 1 saturated heterocycles. The number of aromatic nitrogens is 2. The van der Waals surface area contributed by atoms with Crippen molar-refractivity contribution in [3.05, 3.63) is 59.2 Å². The minimum Gasteiger partial charge on any atom is -0.495 e. The van der Waals surface area contributed by atoms with Crippen LogP contribution in [-0.4, -0.2) is 29.7 Å². The van der Waals surface area contributed by atoms with Crippen molar-refractivity contribution < 1.29 is 18.4 Å². The lowest BCUT2D eigenvalue weighted by molar-refractivity contribution is -0.117. The molecule has 27 heavy (non-hydrogen) atoms. The van der Waals surface area contributed by atoms with Gasteiger partial charge in [-0.3, -0.25) is 4.79 Å². The van der Waals surface area contributed by atoms with Crippen molar-refractivity contribution in [1.82, 2.24) is 10.1 Å². The molecule has 1 unspecified atom stereocenters. The lowest BCUT2D eigenvalue weighted by Gasteiger charge is -2.17. The van der Waals surface area contributed by atoms with Crippen LogP contribution < -0.4 is 9.64 Å². The Bertz CT molecular complexity index is 1010. The van der Waals surface area contributed by atoms with Crippen LogP contribution in [0.3, 0.4) is 0 Å². The Morgan fingerprint density at radius 2 is 2.15 bits per heavy atom. The average molecular weight is 388 g/mol. The first-order chi connectivity index (χ1) is 13.0. The summed E-state index contributed by atoms with van der Waals surface area (Å²) >= 11 is 6.16. The van der Waals surface area contributed by atoms with Crippen molar-refractivity contribution in [2.75, 3.05) is 18.6 Å². The molecular formula is C19H15ClFN3O3. The van der Waals surface area contributed by atoms with Crippen LogP contribution in [0.4, 0.5) is 10.1 Å². The Morgan fingerprint density at radius 3 is 2.89 bits per heavy atom. The minimum atomic E-state index is -0.377. The molecular weight excluding hydrogens is 373 g/mol. The van der Waals surface area contributed by atoms with Crippen molar-refractivity contribution in [2.45, 2.75) is 12.3 Å². The molecule has 4 rings (SSSR count). The third-order valence-corrected chi connectivity index (χ3v) is 4.74. The lowest BCUT2D eigenvalue weighted by Crippen LogP contribution is -2.24. The molecule has 1 aliphatic heterocycles. The monoisotopic (exact) mass is 387 g/mol. The van der Waals surface area contributed by atoms with Gasteiger partial charge in [-0.05, 0) is 30.3 Å². The van der Waals surface area contributed by atoms with Gasteiger partial charge in [0.05, 0.1) is 18.1 Å². The van der Waals surface area contributed by atoms with Crippen LogP contribution in [0.2, 0.25) is 5.02 Å². The predicted molar refractivity (Wildman–Crippen MR) is 97.4 cm³/mol. The highest BCUT2D eigenvalue weighted by Gasteiger charge is 2.35. The Balaban J connectivity index is 1.55. The summed E-state index contributed by atoms with van der Waals surface area (Å²) in [6.45, 7) is 0.395. The van der Waals surface area contributed by atoms with Crippen LogP contribution in [-0.2, 0) is 4.79 Å². The zero-order valence-corrected chi connectivity index (χ0v) is 15.1. The first-order valence-corrected chi connectivity index (χ1v) is 8.66. The second kappa shape index (κ2) is 7.00. The highest BCUT2D eigenvalue weighted by molar-refractivity contribution is 6.32. The number of rotatable bonds is 4. The molecule has 2 heterocycles. The zero-order chi connectivity index (χ0) is 19.0. The molecule has 1 atom stereocenters. The summed E-state index contributed by atoms with van der Waals surface area (Å²) in [6.07, 6.45) is 0.244. The van der Waals surface area contributed by atoms with Crippen molar-refractivity contribution in [1.29, 1.82) is 0 Å². The molecule has 3 aromatic rings. The summed E-state index contributed by atoms with van der Waals surface area (Å²) in [4.78, 5) is 18.4. The van der Waals surface area contributed by atoms with Gasteiger partial charge in [0.25, 0.3) is 0 Å². The van der Waals surface area contributed by atoms with Crippen LogP contribution in [0.15, 0.2) is 47.0 Å². The molecule has 1 fully saturated rings. The molecule has 2 aromatic carbocycles. The molecule has 0 saturated carbocycles. The predicted octanol–water partition coefficient (Wildman–Crippen LogP) is 4.06. The maximum Gasteiger partial charge on any atom is 0.232 e. The minimum absolute atomic E-state index is 0.0632. The fourth-order valence-corrected chi connectivity index (χ4v) is 3.34. The second-order valence-corrected chi connectivity index (χ2v) is 6.60. The van der Waals surface area contributed by atoms with Crippen LogP contribution in [0.1, 0.15) is 18.2 Å². The number of nitrogens with zero attached hydrogens (tertiary/aromatic N) is 3. The van der Waals surface area contributed by atoms with Crippen LogP contribution in [0, 0.1) is 5.82 Å². The molecule has 0 spiro atoms. The van der Waals surface area contributed by atoms with Gasteiger partial charge in [-0.2, -0.15) is 4.98 Å². The van der Waals surface area contributed by atoms with Gasteiger partial charge >= 0.3 is 0 Å². The topological polar surface area (TPSA) is 68.5 Å². The van der Waals surface area contributed by atoms with Gasteiger partial charge in [0.1, 0.15) is 11.6 Å². The number of carbonyl (C=O) groups excluding carboxylic acids is 1. The van der Waals surface area contributed by atoms with E-state index in [0.717, 1.165) is 0 Å². The number of hydrogen-bond acceptors (Lipinski definition) is 5. The number of methoxy groups -OCH3 is 1. The Morgan fingerprint density at radius 1 is 1.30 bits per heavy atom. The van der Waals surface area contributed by atoms with E-state index >= 15 is 0 Å². The quantitative estimate of drug-likeness (QED) is 0.675. The van der Waals surface area contributed by atoms with Gasteiger partial charge in [0.2, 0.25) is 17.6 Å². The maximum absolute atomic E-state index is 13.4. The molecule has 0 radical (unpaired) electrons. The van der Waals surface area contributed by atoms with Gasteiger partial charge in [0, 0.05) is 24.2 Å². The summed E-state index contributed by atoms with van der Waals surface area (Å²) < 4.78 is 23.8. The second-order valence-electron chi connectivity index (χ2n) is 6.19. The van der Waals surface area contributed by atoms with Gasteiger partial charge in [0.15, 0.2) is 0 Å². The van der Waals surface area contributed by atoms with Gasteiger partial charge in [-0.1, -0.05) is 28.9 Å². The van der Waals surface area contributed by atoms with E-state index in [1.54, 1.807) is 35.2 Å². The normalized spacial score (nSPS) is 16.8. The van der Waals surface area contributed by atoms with E-state index in [0.29, 0.717) is 40.3 Å². The summed E-state index contributed by atoms with van der Waals surface area (Å²) in [5, 5.41) is 4.34. The van der Waals surface area contributed by atoms with E-state index < -0.39 is 0 Å². The van der Waals surface area contributed by atoms with E-state index in [1.807, 2.05) is 0 Å². The molecule has 1 aliphatic rings. The fourth-order valence-electron chi connectivity index (χ4n) is 3.09. The number of halogens is 2. The number of carbonyl (C=O) groups is 1. The Hall–Kier alpha value is -2.93. The lowest BCUT2D eigenvalue weighted by atomic mass is 10.1. The largest absolute Gasteiger partial charge is 0.495 e. The number of anilines is 1. The smallest absolute Gasteiger partial charge is 0.232 e. The van der Waals surface area contributed by atoms with Crippen molar-refractivity contribution >= 4 is 23.2 Å². The van der Waals surface area contributed by atoms with Crippen molar-refractivity contribution in [2.24, 2.45) is 0 Å². The summed E-state index contributed by atoms with van der Waals surface area (Å²) in [7, 11) is 1.53. The van der Waals surface area contributed by atoms with Gasteiger partial charge in [-0.15, -0.1) is 0 Å². The molecule has 138 valence electrons. The Labute approximate surface area is 159 Å². The number of ether oxygens (including phenoxy) is 1. The van der Waals surface area contributed by atoms with E-state index in [1.165, 1.54) is 19.2 Å². The molecule has 0 N–H and O–H groups in total. The van der Waals surface area contributed by atoms with Crippen LogP contribution in [0.5, 0.6) is 5.75 Å². The Kier molecular flexibility index (Phi) is 4.53. The summed E-state index contributed by atoms with van der Waals surface area (Å²) in [5.74, 6) is 0.505. The van der Waals surface area contributed by atoms with E-state index in [2.05, 4.69) is 10.1 Å². The molecule has 8 heteroatoms. The highest BCUT2D eigenvalue weighted by atomic mass is 35.5. The van der Waals surface area contributed by atoms with Crippen LogP contribution >= 0.6 is 11.6 Å². The van der Waals surface area contributed by atoms with Crippen molar-refractivity contribution in [3.63, 3.8) is 0 Å². The standard InChI is InChI=1S/C19H15ClFN3O3/c1-26-16-6-5-14(9-15(16)20)24-10-12(8-17(24)25)19-22-18(23-27-19)11-3-2-4-13(21)7-11/h2-7,9,12H,8,10H2,1H3. The molecule has 6 nitrogen and oxygen atoms in total. The number of amides is 1. The fraction of sp³-hybridized carbons (Fsp3) is 0.211. The number of hydrogen-bond donors (Lipinski definition) is 0. The third kappa shape index (κ3) is 3.38. The van der Waals surface area contributed by atoms with Crippen LogP contribution in [0.25, 0.3) is 11.4 Å². The van der Waals surface area contributed by atoms with Gasteiger partial charge < -0.3 is 14.2 Å². The molecule has 1 amide bonds. The third-order valence-electron chi connectivity index (χ3n) is 4.45. The molecule has 1 aromatic heterocycles. The number of benzene rings is 2.